The van der Waals surface area contributed by atoms with Gasteiger partial charge in [-0.3, -0.25) is 0 Å². The molecule has 0 aliphatic heterocycles. The number of aromatic nitrogens is 4. The molecule has 6 heteroatoms. The fourth-order valence-corrected chi connectivity index (χ4v) is 2.53. The lowest BCUT2D eigenvalue weighted by Gasteiger charge is -1.84. The summed E-state index contributed by atoms with van der Waals surface area (Å²) in [4.78, 5) is 9.56. The molecule has 4 nitrogen and oxygen atoms in total. The molecule has 0 spiro atoms. The summed E-state index contributed by atoms with van der Waals surface area (Å²) in [7, 11) is 0. The Morgan fingerprint density at radius 2 is 2.29 bits per heavy atom. The van der Waals surface area contributed by atoms with Gasteiger partial charge in [0.15, 0.2) is 0 Å². The van der Waals surface area contributed by atoms with Gasteiger partial charge in [0.25, 0.3) is 0 Å². The van der Waals surface area contributed by atoms with Crippen molar-refractivity contribution in [3.05, 3.63) is 22.1 Å². The second-order valence-corrected chi connectivity index (χ2v) is 4.73. The zero-order valence-electron chi connectivity index (χ0n) is 7.34. The molecular formula is C8H6N4S2. The van der Waals surface area contributed by atoms with E-state index in [2.05, 4.69) is 15.1 Å². The van der Waals surface area contributed by atoms with Gasteiger partial charge in [-0.05, 0) is 6.92 Å². The standard InChI is InChI=1S/C8H6N4S2/c1-5-11-12-2-6(10-8(12)14-5)7-3-13-4-9-7/h2-4H,1H3. The molecule has 14 heavy (non-hydrogen) atoms. The highest BCUT2D eigenvalue weighted by Crippen LogP contribution is 2.21. The second kappa shape index (κ2) is 2.86. The maximum absolute atomic E-state index is 4.44. The maximum atomic E-state index is 4.44. The summed E-state index contributed by atoms with van der Waals surface area (Å²) >= 11 is 3.16. The van der Waals surface area contributed by atoms with Gasteiger partial charge >= 0.3 is 0 Å². The zero-order chi connectivity index (χ0) is 9.54. The van der Waals surface area contributed by atoms with Gasteiger partial charge < -0.3 is 0 Å². The summed E-state index contributed by atoms with van der Waals surface area (Å²) in [5, 5.41) is 7.30. The molecule has 0 unspecified atom stereocenters. The van der Waals surface area contributed by atoms with Crippen LogP contribution in [0.5, 0.6) is 0 Å². The molecule has 0 saturated heterocycles. The van der Waals surface area contributed by atoms with Crippen molar-refractivity contribution < 1.29 is 0 Å². The second-order valence-electron chi connectivity index (χ2n) is 2.85. The Kier molecular flexibility index (Phi) is 1.65. The van der Waals surface area contributed by atoms with E-state index >= 15 is 0 Å². The van der Waals surface area contributed by atoms with Gasteiger partial charge in [0.1, 0.15) is 16.4 Å². The van der Waals surface area contributed by atoms with Gasteiger partial charge in [-0.1, -0.05) is 11.3 Å². The van der Waals surface area contributed by atoms with Gasteiger partial charge in [0.05, 0.1) is 11.7 Å². The molecule has 3 rings (SSSR count). The van der Waals surface area contributed by atoms with E-state index in [4.69, 9.17) is 0 Å². The molecule has 3 aromatic rings. The normalized spacial score (nSPS) is 11.2. The molecule has 3 aromatic heterocycles. The first-order valence-electron chi connectivity index (χ1n) is 4.04. The summed E-state index contributed by atoms with van der Waals surface area (Å²) < 4.78 is 1.80. The summed E-state index contributed by atoms with van der Waals surface area (Å²) in [5.74, 6) is 0. The van der Waals surface area contributed by atoms with Crippen molar-refractivity contribution in [2.45, 2.75) is 6.92 Å². The van der Waals surface area contributed by atoms with Crippen LogP contribution in [-0.4, -0.2) is 19.6 Å². The number of thiazole rings is 1. The van der Waals surface area contributed by atoms with Gasteiger partial charge in [0.2, 0.25) is 4.96 Å². The average molecular weight is 222 g/mol. The monoisotopic (exact) mass is 222 g/mol. The van der Waals surface area contributed by atoms with Crippen LogP contribution in [0.1, 0.15) is 5.01 Å². The first-order valence-corrected chi connectivity index (χ1v) is 5.80. The van der Waals surface area contributed by atoms with E-state index in [0.717, 1.165) is 21.4 Å². The summed E-state index contributed by atoms with van der Waals surface area (Å²) in [6, 6.07) is 0. The van der Waals surface area contributed by atoms with Crippen LogP contribution in [0.2, 0.25) is 0 Å². The third-order valence-electron chi connectivity index (χ3n) is 1.84. The highest BCUT2D eigenvalue weighted by Gasteiger charge is 2.08. The summed E-state index contributed by atoms with van der Waals surface area (Å²) in [5.41, 5.74) is 3.62. The molecule has 3 heterocycles. The quantitative estimate of drug-likeness (QED) is 0.634. The highest BCUT2D eigenvalue weighted by molar-refractivity contribution is 7.16. The van der Waals surface area contributed by atoms with Crippen LogP contribution in [-0.2, 0) is 0 Å². The van der Waals surface area contributed by atoms with Crippen LogP contribution >= 0.6 is 22.7 Å². The molecule has 0 radical (unpaired) electrons. The van der Waals surface area contributed by atoms with E-state index < -0.39 is 0 Å². The molecule has 0 N–H and O–H groups in total. The predicted molar refractivity (Wildman–Crippen MR) is 56.7 cm³/mol. The highest BCUT2D eigenvalue weighted by atomic mass is 32.1. The van der Waals surface area contributed by atoms with Crippen molar-refractivity contribution >= 4 is 27.6 Å². The summed E-state index contributed by atoms with van der Waals surface area (Å²) in [6.07, 6.45) is 1.91. The number of hydrogen-bond donors (Lipinski definition) is 0. The molecule has 0 aliphatic carbocycles. The minimum Gasteiger partial charge on any atom is -0.243 e. The van der Waals surface area contributed by atoms with Crippen LogP contribution in [0.3, 0.4) is 0 Å². The fraction of sp³-hybridized carbons (Fsp3) is 0.125. The summed E-state index contributed by atoms with van der Waals surface area (Å²) in [6.45, 7) is 1.97. The van der Waals surface area contributed by atoms with Gasteiger partial charge in [-0.15, -0.1) is 11.3 Å². The lowest BCUT2D eigenvalue weighted by molar-refractivity contribution is 0.946. The fourth-order valence-electron chi connectivity index (χ4n) is 1.26. The van der Waals surface area contributed by atoms with E-state index in [9.17, 15) is 0 Å². The van der Waals surface area contributed by atoms with Gasteiger partial charge in [0, 0.05) is 5.38 Å². The molecule has 0 atom stereocenters. The van der Waals surface area contributed by atoms with Gasteiger partial charge in [-0.2, -0.15) is 5.10 Å². The largest absolute Gasteiger partial charge is 0.243 e. The third kappa shape index (κ3) is 1.15. The molecule has 0 aromatic carbocycles. The van der Waals surface area contributed by atoms with Gasteiger partial charge in [-0.25, -0.2) is 14.5 Å². The topological polar surface area (TPSA) is 43.1 Å². The Morgan fingerprint density at radius 1 is 1.36 bits per heavy atom. The van der Waals surface area contributed by atoms with E-state index in [-0.39, 0.29) is 0 Å². The number of hydrogen-bond acceptors (Lipinski definition) is 5. The number of fused-ring (bicyclic) bond motifs is 1. The van der Waals surface area contributed by atoms with Crippen molar-refractivity contribution in [2.75, 3.05) is 0 Å². The van der Waals surface area contributed by atoms with E-state index in [1.54, 1.807) is 32.7 Å². The Bertz CT molecular complexity index is 532. The van der Waals surface area contributed by atoms with E-state index in [1.165, 1.54) is 0 Å². The first kappa shape index (κ1) is 8.07. The minimum absolute atomic E-state index is 0.894. The Balaban J connectivity index is 2.20. The lowest BCUT2D eigenvalue weighted by Crippen LogP contribution is -1.80. The molecule has 0 bridgehead atoms. The predicted octanol–water partition coefficient (Wildman–Crippen LogP) is 2.22. The van der Waals surface area contributed by atoms with Crippen molar-refractivity contribution in [1.82, 2.24) is 19.6 Å². The molecule has 0 amide bonds. The molecule has 70 valence electrons. The van der Waals surface area contributed by atoms with Crippen LogP contribution in [0.15, 0.2) is 17.1 Å². The number of imidazole rings is 1. The lowest BCUT2D eigenvalue weighted by atomic mass is 10.4. The Morgan fingerprint density at radius 3 is 3.00 bits per heavy atom. The number of nitrogens with zero attached hydrogens (tertiary/aromatic N) is 4. The molecule has 0 aliphatic rings. The third-order valence-corrected chi connectivity index (χ3v) is 3.26. The van der Waals surface area contributed by atoms with Crippen LogP contribution in [0.4, 0.5) is 0 Å². The van der Waals surface area contributed by atoms with Crippen LogP contribution in [0, 0.1) is 6.92 Å². The molecular weight excluding hydrogens is 216 g/mol. The minimum atomic E-state index is 0.894. The van der Waals surface area contributed by atoms with Crippen LogP contribution < -0.4 is 0 Å². The van der Waals surface area contributed by atoms with E-state index in [1.807, 2.05) is 18.5 Å². The van der Waals surface area contributed by atoms with Crippen molar-refractivity contribution in [3.63, 3.8) is 0 Å². The first-order chi connectivity index (χ1) is 6.83. The SMILES string of the molecule is Cc1nn2cc(-c3cscn3)nc2s1. The van der Waals surface area contributed by atoms with Crippen molar-refractivity contribution in [1.29, 1.82) is 0 Å². The number of rotatable bonds is 1. The zero-order valence-corrected chi connectivity index (χ0v) is 8.97. The average Bonchev–Trinajstić information content (AvgIpc) is 2.74. The van der Waals surface area contributed by atoms with Crippen molar-refractivity contribution in [2.24, 2.45) is 0 Å². The number of aryl methyl sites for hydroxylation is 1. The smallest absolute Gasteiger partial charge is 0.212 e. The van der Waals surface area contributed by atoms with E-state index in [0.29, 0.717) is 0 Å². The molecule has 0 fully saturated rings. The maximum Gasteiger partial charge on any atom is 0.212 e. The molecule has 0 saturated carbocycles. The van der Waals surface area contributed by atoms with Crippen LogP contribution in [0.25, 0.3) is 16.3 Å². The Hall–Kier alpha value is -1.27. The Labute approximate surface area is 87.9 Å². The van der Waals surface area contributed by atoms with Crippen molar-refractivity contribution in [3.8, 4) is 11.4 Å².